The summed E-state index contributed by atoms with van der Waals surface area (Å²) in [6.07, 6.45) is 6.01. The largest absolute Gasteiger partial charge is 0.480 e. The molecule has 0 aromatic carbocycles. The number of β-amino-alcohol motifs (C(OH)–C–C–N with tert-alkyl or cyclic N) is 1. The maximum atomic E-state index is 12.5. The Kier molecular flexibility index (Phi) is 4.86. The quantitative estimate of drug-likeness (QED) is 0.748. The van der Waals surface area contributed by atoms with Gasteiger partial charge in [-0.25, -0.2) is 9.59 Å². The zero-order chi connectivity index (χ0) is 14.7. The Balaban J connectivity index is 2.03. The van der Waals surface area contributed by atoms with E-state index in [4.69, 9.17) is 5.11 Å². The second-order valence-corrected chi connectivity index (χ2v) is 5.93. The lowest BCUT2D eigenvalue weighted by Gasteiger charge is -2.32. The molecule has 6 heteroatoms. The predicted molar refractivity (Wildman–Crippen MR) is 73.4 cm³/mol. The smallest absolute Gasteiger partial charge is 0.326 e. The summed E-state index contributed by atoms with van der Waals surface area (Å²) < 4.78 is 0. The van der Waals surface area contributed by atoms with Crippen molar-refractivity contribution in [3.8, 4) is 0 Å². The van der Waals surface area contributed by atoms with Gasteiger partial charge in [-0.2, -0.15) is 0 Å². The van der Waals surface area contributed by atoms with Gasteiger partial charge in [-0.3, -0.25) is 0 Å². The summed E-state index contributed by atoms with van der Waals surface area (Å²) >= 11 is 0. The molecule has 1 aliphatic heterocycles. The first-order valence-corrected chi connectivity index (χ1v) is 7.45. The van der Waals surface area contributed by atoms with Crippen molar-refractivity contribution in [2.45, 2.75) is 63.1 Å². The number of nitrogens with zero attached hydrogens (tertiary/aromatic N) is 2. The summed E-state index contributed by atoms with van der Waals surface area (Å²) in [5.41, 5.74) is 0. The summed E-state index contributed by atoms with van der Waals surface area (Å²) in [5, 5.41) is 18.8. The van der Waals surface area contributed by atoms with Crippen LogP contribution in [0.15, 0.2) is 0 Å². The maximum Gasteiger partial charge on any atom is 0.326 e. The molecule has 0 unspecified atom stereocenters. The normalized spacial score (nSPS) is 28.2. The van der Waals surface area contributed by atoms with E-state index in [1.165, 1.54) is 17.7 Å². The summed E-state index contributed by atoms with van der Waals surface area (Å²) in [4.78, 5) is 26.7. The Hall–Kier alpha value is -1.30. The second-order valence-electron chi connectivity index (χ2n) is 5.93. The van der Waals surface area contributed by atoms with Crippen LogP contribution in [-0.2, 0) is 4.79 Å². The first-order valence-electron chi connectivity index (χ1n) is 7.45. The molecule has 0 bridgehead atoms. The van der Waals surface area contributed by atoms with Crippen LogP contribution in [0.2, 0.25) is 0 Å². The first-order chi connectivity index (χ1) is 9.50. The molecule has 114 valence electrons. The minimum absolute atomic E-state index is 0.118. The molecule has 0 radical (unpaired) electrons. The predicted octanol–water partition coefficient (Wildman–Crippen LogP) is 1.28. The minimum atomic E-state index is -1.04. The van der Waals surface area contributed by atoms with E-state index in [0.29, 0.717) is 0 Å². The molecule has 6 nitrogen and oxygen atoms in total. The van der Waals surface area contributed by atoms with Crippen molar-refractivity contribution in [3.05, 3.63) is 0 Å². The number of urea groups is 1. The zero-order valence-electron chi connectivity index (χ0n) is 12.0. The number of likely N-dealkylation sites (tertiary alicyclic amines) is 1. The van der Waals surface area contributed by atoms with Crippen molar-refractivity contribution < 1.29 is 19.8 Å². The standard InChI is InChI=1S/C14H24N2O4/c1-15(10-6-4-2-3-5-7-10)14(20)16-9-11(17)8-12(16)13(18)19/h10-12,17H,2-9H2,1H3,(H,18,19)/t11-,12-/m1/s1. The van der Waals surface area contributed by atoms with E-state index < -0.39 is 18.1 Å². The van der Waals surface area contributed by atoms with Gasteiger partial charge in [0.15, 0.2) is 0 Å². The SMILES string of the molecule is CN(C(=O)N1C[C@H](O)C[C@@H]1C(=O)O)C1CCCCCC1. The van der Waals surface area contributed by atoms with Gasteiger partial charge in [0.05, 0.1) is 6.10 Å². The van der Waals surface area contributed by atoms with E-state index in [2.05, 4.69) is 0 Å². The lowest BCUT2D eigenvalue weighted by atomic mass is 10.1. The van der Waals surface area contributed by atoms with Crippen molar-refractivity contribution in [3.63, 3.8) is 0 Å². The Morgan fingerprint density at radius 3 is 2.30 bits per heavy atom. The molecule has 20 heavy (non-hydrogen) atoms. The van der Waals surface area contributed by atoms with Crippen LogP contribution in [-0.4, -0.2) is 63.8 Å². The minimum Gasteiger partial charge on any atom is -0.480 e. The van der Waals surface area contributed by atoms with Gasteiger partial charge in [-0.1, -0.05) is 25.7 Å². The molecular formula is C14H24N2O4. The lowest BCUT2D eigenvalue weighted by Crippen LogP contribution is -2.50. The molecule has 2 atom stereocenters. The molecule has 2 fully saturated rings. The highest BCUT2D eigenvalue weighted by Gasteiger charge is 2.41. The highest BCUT2D eigenvalue weighted by atomic mass is 16.4. The number of aliphatic hydroxyl groups excluding tert-OH is 1. The summed E-state index contributed by atoms with van der Waals surface area (Å²) in [7, 11) is 1.75. The van der Waals surface area contributed by atoms with Crippen LogP contribution in [0.4, 0.5) is 4.79 Å². The van der Waals surface area contributed by atoms with Gasteiger partial charge < -0.3 is 20.0 Å². The van der Waals surface area contributed by atoms with Gasteiger partial charge in [0, 0.05) is 26.1 Å². The molecule has 0 spiro atoms. The van der Waals surface area contributed by atoms with Crippen molar-refractivity contribution in [2.24, 2.45) is 0 Å². The van der Waals surface area contributed by atoms with Gasteiger partial charge in [0.25, 0.3) is 0 Å². The van der Waals surface area contributed by atoms with Gasteiger partial charge in [-0.05, 0) is 12.8 Å². The third kappa shape index (κ3) is 3.23. The lowest BCUT2D eigenvalue weighted by molar-refractivity contribution is -0.141. The van der Waals surface area contributed by atoms with E-state index in [9.17, 15) is 14.7 Å². The number of carbonyl (C=O) groups is 2. The van der Waals surface area contributed by atoms with Gasteiger partial charge in [0.2, 0.25) is 0 Å². The fourth-order valence-electron chi connectivity index (χ4n) is 3.26. The van der Waals surface area contributed by atoms with Crippen LogP contribution in [0.25, 0.3) is 0 Å². The number of hydrogen-bond acceptors (Lipinski definition) is 3. The number of amides is 2. The average Bonchev–Trinajstić information content (AvgIpc) is 2.64. The van der Waals surface area contributed by atoms with E-state index in [-0.39, 0.29) is 25.0 Å². The molecule has 2 aliphatic rings. The zero-order valence-corrected chi connectivity index (χ0v) is 12.0. The number of carboxylic acids is 1. The van der Waals surface area contributed by atoms with E-state index >= 15 is 0 Å². The van der Waals surface area contributed by atoms with Crippen molar-refractivity contribution in [1.29, 1.82) is 0 Å². The Morgan fingerprint density at radius 2 is 1.75 bits per heavy atom. The van der Waals surface area contributed by atoms with Crippen molar-refractivity contribution >= 4 is 12.0 Å². The third-order valence-corrected chi connectivity index (χ3v) is 4.48. The summed E-state index contributed by atoms with van der Waals surface area (Å²) in [6, 6.07) is -0.969. The monoisotopic (exact) mass is 284 g/mol. The Bertz CT molecular complexity index is 366. The molecule has 1 saturated heterocycles. The molecule has 2 amide bonds. The van der Waals surface area contributed by atoms with E-state index in [1.807, 2.05) is 0 Å². The van der Waals surface area contributed by atoms with Gasteiger partial charge in [-0.15, -0.1) is 0 Å². The third-order valence-electron chi connectivity index (χ3n) is 4.48. The first kappa shape index (κ1) is 15.1. The molecule has 1 heterocycles. The van der Waals surface area contributed by atoms with Gasteiger partial charge in [0.1, 0.15) is 6.04 Å². The number of aliphatic hydroxyl groups is 1. The fourth-order valence-corrected chi connectivity index (χ4v) is 3.26. The van der Waals surface area contributed by atoms with Crippen LogP contribution in [0.1, 0.15) is 44.9 Å². The van der Waals surface area contributed by atoms with Crippen LogP contribution in [0.3, 0.4) is 0 Å². The molecule has 1 saturated carbocycles. The molecule has 0 aromatic heterocycles. The summed E-state index contributed by atoms with van der Waals surface area (Å²) in [5.74, 6) is -1.04. The molecule has 0 aromatic rings. The number of carbonyl (C=O) groups excluding carboxylic acids is 1. The summed E-state index contributed by atoms with van der Waals surface area (Å²) in [6.45, 7) is 0.118. The molecule has 1 aliphatic carbocycles. The molecule has 2 N–H and O–H groups in total. The van der Waals surface area contributed by atoms with Gasteiger partial charge >= 0.3 is 12.0 Å². The van der Waals surface area contributed by atoms with Crippen LogP contribution in [0, 0.1) is 0 Å². The highest BCUT2D eigenvalue weighted by molar-refractivity contribution is 5.83. The van der Waals surface area contributed by atoms with Crippen LogP contribution >= 0.6 is 0 Å². The number of rotatable bonds is 2. The average molecular weight is 284 g/mol. The van der Waals surface area contributed by atoms with Crippen molar-refractivity contribution in [2.75, 3.05) is 13.6 Å². The molecular weight excluding hydrogens is 260 g/mol. The maximum absolute atomic E-state index is 12.5. The van der Waals surface area contributed by atoms with Crippen LogP contribution < -0.4 is 0 Å². The topological polar surface area (TPSA) is 81.1 Å². The number of aliphatic carboxylic acids is 1. The van der Waals surface area contributed by atoms with E-state index in [0.717, 1.165) is 25.7 Å². The van der Waals surface area contributed by atoms with Crippen molar-refractivity contribution in [1.82, 2.24) is 9.80 Å². The van der Waals surface area contributed by atoms with Crippen LogP contribution in [0.5, 0.6) is 0 Å². The van der Waals surface area contributed by atoms with E-state index in [1.54, 1.807) is 11.9 Å². The molecule has 2 rings (SSSR count). The number of hydrogen-bond donors (Lipinski definition) is 2. The Labute approximate surface area is 119 Å². The second kappa shape index (κ2) is 6.43. The Morgan fingerprint density at radius 1 is 1.15 bits per heavy atom. The highest BCUT2D eigenvalue weighted by Crippen LogP contribution is 2.25. The number of carboxylic acid groups (broad SMARTS) is 1. The fraction of sp³-hybridized carbons (Fsp3) is 0.857.